The van der Waals surface area contributed by atoms with Gasteiger partial charge in [-0.1, -0.05) is 0 Å². The highest BCUT2D eigenvalue weighted by Crippen LogP contribution is 2.31. The molecule has 1 fully saturated rings. The van der Waals surface area contributed by atoms with Crippen LogP contribution >= 0.6 is 0 Å². The Morgan fingerprint density at radius 2 is 1.67 bits per heavy atom. The zero-order chi connectivity index (χ0) is 13.9. The maximum absolute atomic E-state index is 11.5. The summed E-state index contributed by atoms with van der Waals surface area (Å²) in [6.45, 7) is 5.73. The minimum Gasteiger partial charge on any atom is -0.465 e. The molecule has 1 aliphatic rings. The maximum atomic E-state index is 11.5. The minimum absolute atomic E-state index is 0.0309. The molecule has 0 bridgehead atoms. The zero-order valence-electron chi connectivity index (χ0n) is 11.7. The fourth-order valence-corrected chi connectivity index (χ4v) is 2.79. The molecule has 1 aliphatic carbocycles. The van der Waals surface area contributed by atoms with Crippen molar-refractivity contribution in [3.05, 3.63) is 0 Å². The van der Waals surface area contributed by atoms with Crippen LogP contribution in [0.2, 0.25) is 0 Å². The van der Waals surface area contributed by atoms with E-state index in [2.05, 4.69) is 5.32 Å². The van der Waals surface area contributed by atoms with Gasteiger partial charge in [-0.05, 0) is 46.5 Å². The quantitative estimate of drug-likeness (QED) is 0.794. The van der Waals surface area contributed by atoms with Gasteiger partial charge in [-0.2, -0.15) is 0 Å². The van der Waals surface area contributed by atoms with Crippen LogP contribution in [-0.2, 0) is 4.79 Å². The Hall–Kier alpha value is -1.26. The van der Waals surface area contributed by atoms with Crippen LogP contribution in [0.4, 0.5) is 4.79 Å². The number of carboxylic acid groups (broad SMARTS) is 1. The lowest BCUT2D eigenvalue weighted by molar-refractivity contribution is -0.125. The van der Waals surface area contributed by atoms with Gasteiger partial charge in [0.05, 0.1) is 0 Å². The third kappa shape index (κ3) is 3.37. The molecule has 5 nitrogen and oxygen atoms in total. The molecule has 2 N–H and O–H groups in total. The first-order chi connectivity index (χ1) is 8.27. The second-order valence-electron chi connectivity index (χ2n) is 5.94. The molecule has 0 radical (unpaired) electrons. The van der Waals surface area contributed by atoms with Crippen molar-refractivity contribution in [2.75, 3.05) is 7.05 Å². The molecule has 104 valence electrons. The Kier molecular flexibility index (Phi) is 4.59. The molecule has 2 amide bonds. The van der Waals surface area contributed by atoms with E-state index in [1.807, 2.05) is 20.8 Å². The monoisotopic (exact) mass is 256 g/mol. The van der Waals surface area contributed by atoms with E-state index in [1.165, 1.54) is 4.90 Å². The van der Waals surface area contributed by atoms with E-state index in [9.17, 15) is 14.7 Å². The van der Waals surface area contributed by atoms with Crippen molar-refractivity contribution < 1.29 is 14.7 Å². The van der Waals surface area contributed by atoms with Crippen molar-refractivity contribution in [1.29, 1.82) is 0 Å². The zero-order valence-corrected chi connectivity index (χ0v) is 11.7. The number of nitrogens with zero attached hydrogens (tertiary/aromatic N) is 1. The highest BCUT2D eigenvalue weighted by atomic mass is 16.4. The number of rotatable bonds is 2. The molecule has 0 aliphatic heterocycles. The van der Waals surface area contributed by atoms with Crippen LogP contribution in [0.25, 0.3) is 0 Å². The number of hydrogen-bond donors (Lipinski definition) is 2. The predicted molar refractivity (Wildman–Crippen MR) is 69.4 cm³/mol. The predicted octanol–water partition coefficient (Wildman–Crippen LogP) is 2.07. The summed E-state index contributed by atoms with van der Waals surface area (Å²) in [6.07, 6.45) is 2.20. The molecule has 0 aromatic heterocycles. The topological polar surface area (TPSA) is 69.6 Å². The van der Waals surface area contributed by atoms with E-state index in [-0.39, 0.29) is 17.9 Å². The molecule has 0 aromatic rings. The second kappa shape index (κ2) is 5.59. The van der Waals surface area contributed by atoms with Gasteiger partial charge in [0, 0.05) is 24.5 Å². The van der Waals surface area contributed by atoms with E-state index in [1.54, 1.807) is 7.05 Å². The third-order valence-corrected chi connectivity index (χ3v) is 3.61. The molecule has 1 saturated carbocycles. The normalized spacial score (nSPS) is 24.4. The minimum atomic E-state index is -0.870. The van der Waals surface area contributed by atoms with Gasteiger partial charge in [0.25, 0.3) is 0 Å². The summed E-state index contributed by atoms with van der Waals surface area (Å²) in [4.78, 5) is 24.4. The van der Waals surface area contributed by atoms with E-state index in [0.29, 0.717) is 0 Å². The summed E-state index contributed by atoms with van der Waals surface area (Å²) in [5.74, 6) is 0.118. The fourth-order valence-electron chi connectivity index (χ4n) is 2.79. The molecule has 0 spiro atoms. The van der Waals surface area contributed by atoms with Gasteiger partial charge in [-0.25, -0.2) is 4.79 Å². The standard InChI is InChI=1S/C13H24N2O3/c1-13(2,3)15(12(17)18)10-7-5-9(6-8-10)11(16)14-4/h9-10H,5-8H2,1-4H3,(H,14,16)(H,17,18). The second-order valence-corrected chi connectivity index (χ2v) is 5.94. The average Bonchev–Trinajstić information content (AvgIpc) is 2.26. The summed E-state index contributed by atoms with van der Waals surface area (Å²) in [5, 5.41) is 12.0. The van der Waals surface area contributed by atoms with Gasteiger partial charge in [0.1, 0.15) is 0 Å². The van der Waals surface area contributed by atoms with Crippen LogP contribution in [0.1, 0.15) is 46.5 Å². The highest BCUT2D eigenvalue weighted by molar-refractivity contribution is 5.78. The van der Waals surface area contributed by atoms with Gasteiger partial charge in [0.15, 0.2) is 0 Å². The van der Waals surface area contributed by atoms with Crippen molar-refractivity contribution in [2.45, 2.75) is 58.0 Å². The lowest BCUT2D eigenvalue weighted by atomic mass is 9.83. The van der Waals surface area contributed by atoms with Crippen molar-refractivity contribution in [2.24, 2.45) is 5.92 Å². The van der Waals surface area contributed by atoms with Crippen LogP contribution in [0.3, 0.4) is 0 Å². The summed E-state index contributed by atoms with van der Waals surface area (Å²) >= 11 is 0. The Labute approximate surface area is 109 Å². The smallest absolute Gasteiger partial charge is 0.407 e. The van der Waals surface area contributed by atoms with E-state index in [0.717, 1.165) is 25.7 Å². The molecule has 0 saturated heterocycles. The molecule has 5 heteroatoms. The molecule has 0 aromatic carbocycles. The number of hydrogen-bond acceptors (Lipinski definition) is 2. The molecule has 0 unspecified atom stereocenters. The third-order valence-electron chi connectivity index (χ3n) is 3.61. The number of carbonyl (C=O) groups excluding carboxylic acids is 1. The van der Waals surface area contributed by atoms with Gasteiger partial charge in [0.2, 0.25) is 5.91 Å². The largest absolute Gasteiger partial charge is 0.465 e. The van der Waals surface area contributed by atoms with Crippen molar-refractivity contribution in [1.82, 2.24) is 10.2 Å². The van der Waals surface area contributed by atoms with Crippen LogP contribution in [0, 0.1) is 5.92 Å². The molecular formula is C13H24N2O3. The van der Waals surface area contributed by atoms with Crippen molar-refractivity contribution in [3.8, 4) is 0 Å². The SMILES string of the molecule is CNC(=O)C1CCC(N(C(=O)O)C(C)(C)C)CC1. The summed E-state index contributed by atoms with van der Waals surface area (Å²) in [6, 6.07) is 0.0309. The molecule has 1 rings (SSSR count). The first-order valence-electron chi connectivity index (χ1n) is 6.51. The first-order valence-corrected chi connectivity index (χ1v) is 6.51. The fraction of sp³-hybridized carbons (Fsp3) is 0.846. The molecule has 0 atom stereocenters. The van der Waals surface area contributed by atoms with Gasteiger partial charge in [-0.3, -0.25) is 4.79 Å². The van der Waals surface area contributed by atoms with Gasteiger partial charge in [-0.15, -0.1) is 0 Å². The summed E-state index contributed by atoms with van der Waals surface area (Å²) in [7, 11) is 1.65. The maximum Gasteiger partial charge on any atom is 0.407 e. The van der Waals surface area contributed by atoms with Gasteiger partial charge >= 0.3 is 6.09 Å². The Morgan fingerprint density at radius 1 is 1.17 bits per heavy atom. The number of nitrogens with one attached hydrogen (secondary N) is 1. The van der Waals surface area contributed by atoms with Crippen LogP contribution in [0.15, 0.2) is 0 Å². The molecule has 0 heterocycles. The van der Waals surface area contributed by atoms with Crippen molar-refractivity contribution in [3.63, 3.8) is 0 Å². The van der Waals surface area contributed by atoms with E-state index < -0.39 is 11.6 Å². The van der Waals surface area contributed by atoms with Crippen LogP contribution in [0.5, 0.6) is 0 Å². The highest BCUT2D eigenvalue weighted by Gasteiger charge is 2.36. The van der Waals surface area contributed by atoms with Crippen molar-refractivity contribution >= 4 is 12.0 Å². The molecular weight excluding hydrogens is 232 g/mol. The number of carbonyl (C=O) groups is 2. The lowest BCUT2D eigenvalue weighted by Gasteiger charge is -2.42. The first kappa shape index (κ1) is 14.8. The lowest BCUT2D eigenvalue weighted by Crippen LogP contribution is -2.52. The van der Waals surface area contributed by atoms with E-state index >= 15 is 0 Å². The summed E-state index contributed by atoms with van der Waals surface area (Å²) in [5.41, 5.74) is -0.393. The van der Waals surface area contributed by atoms with Gasteiger partial charge < -0.3 is 15.3 Å². The van der Waals surface area contributed by atoms with E-state index in [4.69, 9.17) is 0 Å². The average molecular weight is 256 g/mol. The molecule has 18 heavy (non-hydrogen) atoms. The number of amides is 2. The van der Waals surface area contributed by atoms with Crippen LogP contribution < -0.4 is 5.32 Å². The van der Waals surface area contributed by atoms with Crippen LogP contribution in [-0.4, -0.2) is 40.6 Å². The Bertz CT molecular complexity index is 315. The Morgan fingerprint density at radius 3 is 2.00 bits per heavy atom. The summed E-state index contributed by atoms with van der Waals surface area (Å²) < 4.78 is 0. The Balaban J connectivity index is 2.66.